The molecule has 14 heteroatoms. The standard InChI is InChI=1S/C18H14F7N3O4/c1-31-14-4-2-3-12(9-26-27-18(24,25)16(19,20)17(21,22)23)15(14)32-10-11-5-7-13(8-6-11)28(29)30/h2-9,27H,10H2,1H3/b26-9-. The van der Waals surface area contributed by atoms with Crippen LogP contribution < -0.4 is 14.9 Å². The third kappa shape index (κ3) is 5.36. The van der Waals surface area contributed by atoms with Gasteiger partial charge in [-0.05, 0) is 29.8 Å². The van der Waals surface area contributed by atoms with E-state index in [-0.39, 0.29) is 29.4 Å². The van der Waals surface area contributed by atoms with Crippen LogP contribution >= 0.6 is 0 Å². The Hall–Kier alpha value is -3.58. The number of halogens is 7. The summed E-state index contributed by atoms with van der Waals surface area (Å²) < 4.78 is 99.6. The second-order valence-corrected chi connectivity index (χ2v) is 6.11. The molecule has 0 aromatic heterocycles. The molecule has 2 rings (SSSR count). The van der Waals surface area contributed by atoms with E-state index in [0.29, 0.717) is 17.2 Å². The molecule has 1 N–H and O–H groups in total. The molecule has 7 nitrogen and oxygen atoms in total. The van der Waals surface area contributed by atoms with Gasteiger partial charge in [0.15, 0.2) is 11.5 Å². The highest BCUT2D eigenvalue weighted by molar-refractivity contribution is 5.84. The molecule has 0 bridgehead atoms. The van der Waals surface area contributed by atoms with Crippen LogP contribution in [-0.4, -0.2) is 36.4 Å². The zero-order valence-corrected chi connectivity index (χ0v) is 16.0. The third-order valence-corrected chi connectivity index (χ3v) is 3.92. The van der Waals surface area contributed by atoms with Crippen molar-refractivity contribution in [2.75, 3.05) is 7.11 Å². The van der Waals surface area contributed by atoms with Crippen LogP contribution in [0.25, 0.3) is 0 Å². The predicted molar refractivity (Wildman–Crippen MR) is 97.1 cm³/mol. The number of non-ortho nitro benzene ring substituents is 1. The first-order chi connectivity index (χ1) is 14.8. The summed E-state index contributed by atoms with van der Waals surface area (Å²) in [5.74, 6) is -6.39. The van der Waals surface area contributed by atoms with Crippen LogP contribution in [0.1, 0.15) is 11.1 Å². The van der Waals surface area contributed by atoms with Gasteiger partial charge in [0.1, 0.15) is 6.61 Å². The van der Waals surface area contributed by atoms with Gasteiger partial charge in [-0.3, -0.25) is 10.1 Å². The fraction of sp³-hybridized carbons (Fsp3) is 0.278. The number of nitrogens with one attached hydrogen (secondary N) is 1. The number of ether oxygens (including phenoxy) is 2. The van der Waals surface area contributed by atoms with E-state index < -0.39 is 23.1 Å². The molecule has 0 radical (unpaired) electrons. The lowest BCUT2D eigenvalue weighted by molar-refractivity contribution is -0.384. The summed E-state index contributed by atoms with van der Waals surface area (Å²) in [5.41, 5.74) is 0.729. The second kappa shape index (κ2) is 9.28. The number of benzene rings is 2. The van der Waals surface area contributed by atoms with Crippen LogP contribution in [0.5, 0.6) is 11.5 Å². The quantitative estimate of drug-likeness (QED) is 0.186. The fourth-order valence-corrected chi connectivity index (χ4v) is 2.25. The lowest BCUT2D eigenvalue weighted by Gasteiger charge is -2.27. The summed E-state index contributed by atoms with van der Waals surface area (Å²) in [6, 6.07) is 3.51. The highest BCUT2D eigenvalue weighted by atomic mass is 19.4. The van der Waals surface area contributed by atoms with E-state index in [1.807, 2.05) is 0 Å². The highest BCUT2D eigenvalue weighted by Gasteiger charge is 2.73. The van der Waals surface area contributed by atoms with Gasteiger partial charge >= 0.3 is 18.1 Å². The van der Waals surface area contributed by atoms with E-state index >= 15 is 0 Å². The molecule has 0 heterocycles. The number of nitro benzene ring substituents is 1. The average Bonchev–Trinajstić information content (AvgIpc) is 2.71. The van der Waals surface area contributed by atoms with Gasteiger partial charge in [-0.1, -0.05) is 6.07 Å². The molecule has 174 valence electrons. The molecule has 0 atom stereocenters. The number of methoxy groups -OCH3 is 1. The molecule has 0 saturated carbocycles. The van der Waals surface area contributed by atoms with Crippen molar-refractivity contribution in [3.63, 3.8) is 0 Å². The van der Waals surface area contributed by atoms with E-state index in [4.69, 9.17) is 9.47 Å². The molecule has 32 heavy (non-hydrogen) atoms. The van der Waals surface area contributed by atoms with Crippen molar-refractivity contribution in [1.82, 2.24) is 5.43 Å². The molecule has 0 aliphatic carbocycles. The molecule has 0 unspecified atom stereocenters. The smallest absolute Gasteiger partial charge is 0.462 e. The van der Waals surface area contributed by atoms with E-state index in [1.165, 1.54) is 49.6 Å². The number of para-hydroxylation sites is 1. The van der Waals surface area contributed by atoms with Gasteiger partial charge in [-0.15, -0.1) is 0 Å². The third-order valence-electron chi connectivity index (χ3n) is 3.92. The van der Waals surface area contributed by atoms with E-state index in [0.717, 1.165) is 0 Å². The zero-order valence-electron chi connectivity index (χ0n) is 16.0. The van der Waals surface area contributed by atoms with Gasteiger partial charge < -0.3 is 9.47 Å². The first kappa shape index (κ1) is 24.7. The highest BCUT2D eigenvalue weighted by Crippen LogP contribution is 2.45. The normalized spacial score (nSPS) is 12.6. The number of hydrogen-bond donors (Lipinski definition) is 1. The van der Waals surface area contributed by atoms with Crippen LogP contribution in [0.15, 0.2) is 47.6 Å². The zero-order chi connectivity index (χ0) is 24.2. The van der Waals surface area contributed by atoms with Crippen molar-refractivity contribution >= 4 is 11.9 Å². The Morgan fingerprint density at radius 1 is 1.06 bits per heavy atom. The monoisotopic (exact) mass is 469 g/mol. The minimum atomic E-state index is -6.51. The van der Waals surface area contributed by atoms with Gasteiger partial charge in [0.25, 0.3) is 5.69 Å². The van der Waals surface area contributed by atoms with Gasteiger partial charge in [-0.2, -0.15) is 35.8 Å². The van der Waals surface area contributed by atoms with Gasteiger partial charge in [0, 0.05) is 17.7 Å². The Morgan fingerprint density at radius 3 is 2.22 bits per heavy atom. The topological polar surface area (TPSA) is 86.0 Å². The molecule has 0 aliphatic heterocycles. The minimum Gasteiger partial charge on any atom is -0.493 e. The van der Waals surface area contributed by atoms with Crippen molar-refractivity contribution < 1.29 is 45.1 Å². The number of rotatable bonds is 9. The molecule has 0 spiro atoms. The minimum absolute atomic E-state index is 0.0724. The summed E-state index contributed by atoms with van der Waals surface area (Å²) in [4.78, 5) is 10.1. The molecule has 0 fully saturated rings. The summed E-state index contributed by atoms with van der Waals surface area (Å²) in [6.45, 7) is -0.172. The lowest BCUT2D eigenvalue weighted by atomic mass is 10.2. The average molecular weight is 469 g/mol. The largest absolute Gasteiger partial charge is 0.493 e. The van der Waals surface area contributed by atoms with E-state index in [9.17, 15) is 40.8 Å². The summed E-state index contributed by atoms with van der Waals surface area (Å²) in [6.07, 6.45) is -5.96. The molecule has 0 saturated heterocycles. The molecule has 2 aromatic rings. The molecule has 2 aromatic carbocycles. The molecule has 0 aliphatic rings. The number of hydrogen-bond acceptors (Lipinski definition) is 6. The maximum absolute atomic E-state index is 13.3. The Bertz CT molecular complexity index is 980. The van der Waals surface area contributed by atoms with Crippen molar-refractivity contribution in [2.24, 2.45) is 5.10 Å². The van der Waals surface area contributed by atoms with E-state index in [2.05, 4.69) is 5.10 Å². The Balaban J connectivity index is 2.21. The van der Waals surface area contributed by atoms with Crippen molar-refractivity contribution in [3.8, 4) is 11.5 Å². The summed E-state index contributed by atoms with van der Waals surface area (Å²) >= 11 is 0. The van der Waals surface area contributed by atoms with Crippen LogP contribution in [0, 0.1) is 10.1 Å². The SMILES string of the molecule is COc1cccc(/C=N\NC(F)(F)C(F)(F)C(F)(F)F)c1OCc1ccc([N+](=O)[O-])cc1. The van der Waals surface area contributed by atoms with Gasteiger partial charge in [0.2, 0.25) is 0 Å². The van der Waals surface area contributed by atoms with Crippen LogP contribution in [0.3, 0.4) is 0 Å². The van der Waals surface area contributed by atoms with Crippen molar-refractivity contribution in [2.45, 2.75) is 24.8 Å². The maximum Gasteiger partial charge on any atom is 0.462 e. The van der Waals surface area contributed by atoms with Crippen LogP contribution in [0.2, 0.25) is 0 Å². The Morgan fingerprint density at radius 2 is 1.69 bits per heavy atom. The van der Waals surface area contributed by atoms with Crippen LogP contribution in [0.4, 0.5) is 36.4 Å². The summed E-state index contributed by atoms with van der Waals surface area (Å²) in [5, 5.41) is 13.5. The Labute approximate surface area is 175 Å². The van der Waals surface area contributed by atoms with E-state index in [1.54, 1.807) is 0 Å². The number of hydrazone groups is 1. The molecular formula is C18H14F7N3O4. The van der Waals surface area contributed by atoms with Gasteiger partial charge in [0.05, 0.1) is 18.2 Å². The summed E-state index contributed by atoms with van der Waals surface area (Å²) in [7, 11) is 1.24. The first-order valence-electron chi connectivity index (χ1n) is 8.46. The van der Waals surface area contributed by atoms with Crippen molar-refractivity contribution in [3.05, 3.63) is 63.7 Å². The first-order valence-corrected chi connectivity index (χ1v) is 8.46. The molecule has 0 amide bonds. The van der Waals surface area contributed by atoms with Crippen molar-refractivity contribution in [1.29, 1.82) is 0 Å². The maximum atomic E-state index is 13.3. The second-order valence-electron chi connectivity index (χ2n) is 6.11. The number of nitrogens with zero attached hydrogens (tertiary/aromatic N) is 2. The van der Waals surface area contributed by atoms with Gasteiger partial charge in [-0.25, -0.2) is 5.43 Å². The predicted octanol–water partition coefficient (Wildman–Crippen LogP) is 4.90. The number of nitro groups is 1. The Kier molecular flexibility index (Phi) is 7.16. The lowest BCUT2D eigenvalue weighted by Crippen LogP contribution is -2.58. The number of alkyl halides is 7. The van der Waals surface area contributed by atoms with Crippen LogP contribution in [-0.2, 0) is 6.61 Å². The molecular weight excluding hydrogens is 455 g/mol. The fourth-order valence-electron chi connectivity index (χ4n) is 2.25.